The van der Waals surface area contributed by atoms with Gasteiger partial charge < -0.3 is 10.1 Å². The second kappa shape index (κ2) is 6.23. The first-order valence-electron chi connectivity index (χ1n) is 7.88. The molecule has 2 fully saturated rings. The first-order valence-corrected chi connectivity index (χ1v) is 7.88. The lowest BCUT2D eigenvalue weighted by molar-refractivity contribution is -0.127. The molecule has 0 saturated heterocycles. The van der Waals surface area contributed by atoms with E-state index in [1.165, 1.54) is 18.9 Å². The monoisotopic (exact) mass is 309 g/mol. The number of halogens is 2. The van der Waals surface area contributed by atoms with E-state index in [0.717, 1.165) is 24.3 Å². The van der Waals surface area contributed by atoms with Crippen LogP contribution in [0.15, 0.2) is 24.3 Å². The zero-order valence-electron chi connectivity index (χ0n) is 12.6. The molecule has 0 aromatic heterocycles. The van der Waals surface area contributed by atoms with E-state index in [-0.39, 0.29) is 23.6 Å². The van der Waals surface area contributed by atoms with Crippen molar-refractivity contribution in [2.24, 2.45) is 17.8 Å². The number of ether oxygens (including phenoxy) is 1. The zero-order valence-corrected chi connectivity index (χ0v) is 12.6. The van der Waals surface area contributed by atoms with Crippen LogP contribution in [0.2, 0.25) is 0 Å². The molecule has 2 saturated carbocycles. The van der Waals surface area contributed by atoms with Gasteiger partial charge in [0.1, 0.15) is 5.75 Å². The third kappa shape index (κ3) is 3.23. The van der Waals surface area contributed by atoms with Crippen LogP contribution in [0.3, 0.4) is 0 Å². The van der Waals surface area contributed by atoms with Gasteiger partial charge in [0, 0.05) is 5.92 Å². The molecule has 0 radical (unpaired) electrons. The van der Waals surface area contributed by atoms with Crippen LogP contribution in [0.4, 0.5) is 8.78 Å². The SMILES string of the molecule is C[C@H](NC(=O)[C@@H]1C[C@@H]2CC[C@@H]1C2)c1cccc(OC(F)F)c1. The Morgan fingerprint density at radius 3 is 2.77 bits per heavy atom. The summed E-state index contributed by atoms with van der Waals surface area (Å²) < 4.78 is 28.9. The van der Waals surface area contributed by atoms with Gasteiger partial charge in [0.15, 0.2) is 0 Å². The topological polar surface area (TPSA) is 38.3 Å². The van der Waals surface area contributed by atoms with Crippen LogP contribution >= 0.6 is 0 Å². The lowest BCUT2D eigenvalue weighted by Gasteiger charge is -2.23. The Labute approximate surface area is 129 Å². The molecule has 3 rings (SSSR count). The zero-order chi connectivity index (χ0) is 15.7. The van der Waals surface area contributed by atoms with E-state index in [4.69, 9.17) is 0 Å². The lowest BCUT2D eigenvalue weighted by atomic mass is 9.88. The molecule has 1 aromatic rings. The molecule has 120 valence electrons. The first-order chi connectivity index (χ1) is 10.5. The fourth-order valence-corrected chi connectivity index (χ4v) is 3.93. The smallest absolute Gasteiger partial charge is 0.387 e. The Balaban J connectivity index is 1.61. The van der Waals surface area contributed by atoms with E-state index >= 15 is 0 Å². The summed E-state index contributed by atoms with van der Waals surface area (Å²) in [6, 6.07) is 6.29. The number of carbonyl (C=O) groups excluding carboxylic acids is 1. The number of hydrogen-bond donors (Lipinski definition) is 1. The molecule has 5 heteroatoms. The van der Waals surface area contributed by atoms with Gasteiger partial charge in [-0.15, -0.1) is 0 Å². The van der Waals surface area contributed by atoms with Crippen LogP contribution in [0, 0.1) is 17.8 Å². The summed E-state index contributed by atoms with van der Waals surface area (Å²) in [5.74, 6) is 1.60. The van der Waals surface area contributed by atoms with Gasteiger partial charge in [-0.3, -0.25) is 4.79 Å². The quantitative estimate of drug-likeness (QED) is 0.896. The summed E-state index contributed by atoms with van der Waals surface area (Å²) in [4.78, 5) is 12.4. The van der Waals surface area contributed by atoms with Gasteiger partial charge in [0.2, 0.25) is 5.91 Å². The second-order valence-corrected chi connectivity index (χ2v) is 6.46. The fourth-order valence-electron chi connectivity index (χ4n) is 3.93. The number of amides is 1. The molecule has 22 heavy (non-hydrogen) atoms. The van der Waals surface area contributed by atoms with E-state index in [0.29, 0.717) is 5.92 Å². The highest BCUT2D eigenvalue weighted by Gasteiger charge is 2.43. The van der Waals surface area contributed by atoms with Gasteiger partial charge in [0.25, 0.3) is 0 Å². The summed E-state index contributed by atoms with van der Waals surface area (Å²) in [7, 11) is 0. The molecule has 1 N–H and O–H groups in total. The average Bonchev–Trinajstić information content (AvgIpc) is 3.09. The minimum atomic E-state index is -2.84. The number of rotatable bonds is 5. The Hall–Kier alpha value is -1.65. The molecule has 2 aliphatic rings. The molecular weight excluding hydrogens is 288 g/mol. The van der Waals surface area contributed by atoms with Crippen LogP contribution in [0.5, 0.6) is 5.75 Å². The third-order valence-corrected chi connectivity index (χ3v) is 5.02. The summed E-state index contributed by atoms with van der Waals surface area (Å²) >= 11 is 0. The van der Waals surface area contributed by atoms with Gasteiger partial charge in [0.05, 0.1) is 6.04 Å². The third-order valence-electron chi connectivity index (χ3n) is 5.02. The van der Waals surface area contributed by atoms with Crippen molar-refractivity contribution in [3.63, 3.8) is 0 Å². The fraction of sp³-hybridized carbons (Fsp3) is 0.588. The maximum absolute atomic E-state index is 12.4. The highest BCUT2D eigenvalue weighted by atomic mass is 19.3. The highest BCUT2D eigenvalue weighted by molar-refractivity contribution is 5.80. The molecular formula is C17H21F2NO2. The minimum Gasteiger partial charge on any atom is -0.435 e. The minimum absolute atomic E-state index is 0.0971. The number of benzene rings is 1. The number of carbonyl (C=O) groups is 1. The van der Waals surface area contributed by atoms with E-state index < -0.39 is 6.61 Å². The van der Waals surface area contributed by atoms with Crippen LogP contribution < -0.4 is 10.1 Å². The van der Waals surface area contributed by atoms with Crippen molar-refractivity contribution < 1.29 is 18.3 Å². The lowest BCUT2D eigenvalue weighted by Crippen LogP contribution is -2.35. The molecule has 4 atom stereocenters. The Bertz CT molecular complexity index is 549. The van der Waals surface area contributed by atoms with Gasteiger partial charge in [-0.05, 0) is 55.7 Å². The Morgan fingerprint density at radius 2 is 2.14 bits per heavy atom. The molecule has 0 spiro atoms. The normalized spacial score (nSPS) is 27.9. The number of fused-ring (bicyclic) bond motifs is 2. The van der Waals surface area contributed by atoms with Crippen molar-refractivity contribution in [1.82, 2.24) is 5.32 Å². The summed E-state index contributed by atoms with van der Waals surface area (Å²) in [6.45, 7) is -0.971. The number of alkyl halides is 2. The Kier molecular flexibility index (Phi) is 4.32. The molecule has 2 aliphatic carbocycles. The molecule has 0 unspecified atom stereocenters. The van der Waals surface area contributed by atoms with E-state index in [9.17, 15) is 13.6 Å². The van der Waals surface area contributed by atoms with Crippen molar-refractivity contribution in [1.29, 1.82) is 0 Å². The van der Waals surface area contributed by atoms with Crippen molar-refractivity contribution >= 4 is 5.91 Å². The molecule has 1 aromatic carbocycles. The number of nitrogens with one attached hydrogen (secondary N) is 1. The predicted molar refractivity (Wildman–Crippen MR) is 78.6 cm³/mol. The Morgan fingerprint density at radius 1 is 1.32 bits per heavy atom. The first kappa shape index (κ1) is 15.3. The standard InChI is InChI=1S/C17H21F2NO2/c1-10(12-3-2-4-14(9-12)22-17(18)19)20-16(21)15-8-11-5-6-13(15)7-11/h2-4,9-11,13,15,17H,5-8H2,1H3,(H,20,21)/t10-,11+,13+,15+/m0/s1. The van der Waals surface area contributed by atoms with E-state index in [1.54, 1.807) is 12.1 Å². The largest absolute Gasteiger partial charge is 0.435 e. The second-order valence-electron chi connectivity index (χ2n) is 6.46. The molecule has 3 nitrogen and oxygen atoms in total. The summed E-state index contributed by atoms with van der Waals surface area (Å²) in [6.07, 6.45) is 4.60. The molecule has 0 heterocycles. The molecule has 0 aliphatic heterocycles. The summed E-state index contributed by atoms with van der Waals surface area (Å²) in [5.41, 5.74) is 0.773. The van der Waals surface area contributed by atoms with E-state index in [2.05, 4.69) is 10.1 Å². The van der Waals surface area contributed by atoms with Gasteiger partial charge in [-0.25, -0.2) is 0 Å². The van der Waals surface area contributed by atoms with Gasteiger partial charge in [-0.1, -0.05) is 18.6 Å². The highest BCUT2D eigenvalue weighted by Crippen LogP contribution is 2.48. The van der Waals surface area contributed by atoms with Crippen LogP contribution in [-0.2, 0) is 4.79 Å². The van der Waals surface area contributed by atoms with Gasteiger partial charge in [-0.2, -0.15) is 8.78 Å². The van der Waals surface area contributed by atoms with Crippen molar-refractivity contribution in [2.75, 3.05) is 0 Å². The average molecular weight is 309 g/mol. The predicted octanol–water partition coefficient (Wildman–Crippen LogP) is 3.90. The van der Waals surface area contributed by atoms with E-state index in [1.807, 2.05) is 13.0 Å². The summed E-state index contributed by atoms with van der Waals surface area (Å²) in [5, 5.41) is 3.02. The van der Waals surface area contributed by atoms with Crippen LogP contribution in [0.25, 0.3) is 0 Å². The van der Waals surface area contributed by atoms with Crippen molar-refractivity contribution in [2.45, 2.75) is 45.3 Å². The number of hydrogen-bond acceptors (Lipinski definition) is 2. The maximum Gasteiger partial charge on any atom is 0.387 e. The molecule has 1 amide bonds. The van der Waals surface area contributed by atoms with Crippen molar-refractivity contribution in [3.8, 4) is 5.75 Å². The van der Waals surface area contributed by atoms with Crippen LogP contribution in [0.1, 0.15) is 44.2 Å². The maximum atomic E-state index is 12.4. The van der Waals surface area contributed by atoms with Crippen LogP contribution in [-0.4, -0.2) is 12.5 Å². The van der Waals surface area contributed by atoms with Gasteiger partial charge >= 0.3 is 6.61 Å². The molecule has 2 bridgehead atoms. The van der Waals surface area contributed by atoms with Crippen molar-refractivity contribution in [3.05, 3.63) is 29.8 Å².